The molecule has 0 bridgehead atoms. The zero-order chi connectivity index (χ0) is 15.7. The Morgan fingerprint density at radius 3 is 2.43 bits per heavy atom. The van der Waals surface area contributed by atoms with Crippen molar-refractivity contribution in [1.29, 1.82) is 0 Å². The summed E-state index contributed by atoms with van der Waals surface area (Å²) in [7, 11) is 0. The minimum absolute atomic E-state index is 0.370. The van der Waals surface area contributed by atoms with Gasteiger partial charge in [-0.05, 0) is 50.2 Å². The first-order valence-corrected chi connectivity index (χ1v) is 9.02. The quantitative estimate of drug-likeness (QED) is 0.498. The van der Waals surface area contributed by atoms with Crippen LogP contribution in [0, 0.1) is 11.3 Å². The molecule has 21 heavy (non-hydrogen) atoms. The van der Waals surface area contributed by atoms with Crippen molar-refractivity contribution in [2.75, 3.05) is 32.7 Å². The van der Waals surface area contributed by atoms with Gasteiger partial charge in [-0.25, -0.2) is 0 Å². The van der Waals surface area contributed by atoms with Gasteiger partial charge in [0.15, 0.2) is 0 Å². The first kappa shape index (κ1) is 18.7. The lowest BCUT2D eigenvalue weighted by molar-refractivity contribution is 0.272. The molecule has 1 heterocycles. The average Bonchev–Trinajstić information content (AvgIpc) is 2.41. The minimum Gasteiger partial charge on any atom is -0.316 e. The third-order valence-corrected chi connectivity index (χ3v) is 4.39. The van der Waals surface area contributed by atoms with E-state index in [4.69, 9.17) is 0 Å². The molecule has 0 fully saturated rings. The van der Waals surface area contributed by atoms with Crippen LogP contribution in [0.15, 0.2) is 11.6 Å². The molecule has 1 aliphatic rings. The van der Waals surface area contributed by atoms with Gasteiger partial charge in [-0.15, -0.1) is 0 Å². The van der Waals surface area contributed by atoms with Crippen LogP contribution in [0.3, 0.4) is 0 Å². The molecule has 124 valence electrons. The molecule has 1 rings (SSSR count). The molecule has 0 saturated carbocycles. The van der Waals surface area contributed by atoms with E-state index in [1.807, 2.05) is 0 Å². The van der Waals surface area contributed by atoms with Crippen LogP contribution >= 0.6 is 0 Å². The summed E-state index contributed by atoms with van der Waals surface area (Å²) in [6, 6.07) is 0. The van der Waals surface area contributed by atoms with Crippen LogP contribution in [0.25, 0.3) is 0 Å². The summed E-state index contributed by atoms with van der Waals surface area (Å²) >= 11 is 0. The van der Waals surface area contributed by atoms with E-state index in [1.54, 1.807) is 5.57 Å². The molecule has 2 heteroatoms. The fourth-order valence-corrected chi connectivity index (χ4v) is 2.93. The summed E-state index contributed by atoms with van der Waals surface area (Å²) in [6.45, 7) is 17.6. The third-order valence-electron chi connectivity index (χ3n) is 4.39. The van der Waals surface area contributed by atoms with Crippen molar-refractivity contribution in [3.05, 3.63) is 11.6 Å². The van der Waals surface area contributed by atoms with Crippen LogP contribution < -0.4 is 5.32 Å². The van der Waals surface area contributed by atoms with Gasteiger partial charge in [0, 0.05) is 13.1 Å². The predicted molar refractivity (Wildman–Crippen MR) is 94.8 cm³/mol. The van der Waals surface area contributed by atoms with Crippen molar-refractivity contribution < 1.29 is 0 Å². The highest BCUT2D eigenvalue weighted by Gasteiger charge is 2.20. The summed E-state index contributed by atoms with van der Waals surface area (Å²) in [6.07, 6.45) is 9.20. The van der Waals surface area contributed by atoms with Gasteiger partial charge < -0.3 is 5.32 Å². The van der Waals surface area contributed by atoms with Gasteiger partial charge in [-0.3, -0.25) is 4.90 Å². The molecule has 1 N–H and O–H groups in total. The molecule has 0 aromatic heterocycles. The van der Waals surface area contributed by atoms with Crippen molar-refractivity contribution in [1.82, 2.24) is 10.2 Å². The number of unbranched alkanes of at least 4 members (excludes halogenated alkanes) is 3. The largest absolute Gasteiger partial charge is 0.316 e. The maximum atomic E-state index is 3.53. The molecule has 0 amide bonds. The van der Waals surface area contributed by atoms with Gasteiger partial charge >= 0.3 is 0 Å². The number of rotatable bonds is 9. The van der Waals surface area contributed by atoms with Gasteiger partial charge in [-0.1, -0.05) is 59.1 Å². The van der Waals surface area contributed by atoms with E-state index in [9.17, 15) is 0 Å². The van der Waals surface area contributed by atoms with E-state index in [2.05, 4.69) is 50.9 Å². The van der Waals surface area contributed by atoms with Gasteiger partial charge in [0.1, 0.15) is 0 Å². The fourth-order valence-electron chi connectivity index (χ4n) is 2.93. The standard InChI is InChI=1S/C19H38N2/c1-17(2)16-20-12-8-6-7-9-13-21-14-10-18(11-15-21)19(3,4)5/h10,17,20H,6-9,11-16H2,1-5H3. The maximum absolute atomic E-state index is 3.53. The molecule has 0 aromatic carbocycles. The Morgan fingerprint density at radius 2 is 1.86 bits per heavy atom. The molecule has 0 atom stereocenters. The van der Waals surface area contributed by atoms with Crippen LogP contribution in [-0.2, 0) is 0 Å². The highest BCUT2D eigenvalue weighted by atomic mass is 15.1. The van der Waals surface area contributed by atoms with Crippen LogP contribution in [0.5, 0.6) is 0 Å². The molecule has 0 unspecified atom stereocenters. The molecule has 0 saturated heterocycles. The summed E-state index contributed by atoms with van der Waals surface area (Å²) in [4.78, 5) is 2.62. The Balaban J connectivity index is 1.99. The molecule has 0 aromatic rings. The Bertz CT molecular complexity index is 299. The Morgan fingerprint density at radius 1 is 1.14 bits per heavy atom. The van der Waals surface area contributed by atoms with Crippen LogP contribution in [0.2, 0.25) is 0 Å². The zero-order valence-corrected chi connectivity index (χ0v) is 15.2. The molecule has 0 radical (unpaired) electrons. The number of nitrogens with zero attached hydrogens (tertiary/aromatic N) is 1. The number of hydrogen-bond acceptors (Lipinski definition) is 2. The van der Waals surface area contributed by atoms with Gasteiger partial charge in [-0.2, -0.15) is 0 Å². The van der Waals surface area contributed by atoms with Crippen molar-refractivity contribution in [3.63, 3.8) is 0 Å². The molecule has 0 aliphatic carbocycles. The SMILES string of the molecule is CC(C)CNCCCCCCN1CC=C(C(C)(C)C)CC1. The topological polar surface area (TPSA) is 15.3 Å². The summed E-state index contributed by atoms with van der Waals surface area (Å²) < 4.78 is 0. The van der Waals surface area contributed by atoms with E-state index >= 15 is 0 Å². The lowest BCUT2D eigenvalue weighted by Crippen LogP contribution is -2.32. The minimum atomic E-state index is 0.370. The Kier molecular flexibility index (Phi) is 8.58. The van der Waals surface area contributed by atoms with E-state index in [0.29, 0.717) is 5.41 Å². The monoisotopic (exact) mass is 294 g/mol. The highest BCUT2D eigenvalue weighted by molar-refractivity contribution is 5.14. The molecular formula is C19H38N2. The van der Waals surface area contributed by atoms with Crippen LogP contribution in [-0.4, -0.2) is 37.6 Å². The van der Waals surface area contributed by atoms with Crippen molar-refractivity contribution in [3.8, 4) is 0 Å². The lowest BCUT2D eigenvalue weighted by atomic mass is 9.83. The molecule has 0 spiro atoms. The number of nitrogens with one attached hydrogen (secondary N) is 1. The Labute approximate surface area is 133 Å². The predicted octanol–water partition coefficient (Wildman–Crippen LogP) is 4.47. The van der Waals surface area contributed by atoms with E-state index in [1.165, 1.54) is 58.3 Å². The second-order valence-corrected chi connectivity index (χ2v) is 8.04. The van der Waals surface area contributed by atoms with Crippen LogP contribution in [0.4, 0.5) is 0 Å². The highest BCUT2D eigenvalue weighted by Crippen LogP contribution is 2.30. The smallest absolute Gasteiger partial charge is 0.0166 e. The summed E-state index contributed by atoms with van der Waals surface area (Å²) in [5.74, 6) is 0.773. The fraction of sp³-hybridized carbons (Fsp3) is 0.895. The maximum Gasteiger partial charge on any atom is 0.0166 e. The molecule has 2 nitrogen and oxygen atoms in total. The summed E-state index contributed by atoms with van der Waals surface area (Å²) in [5.41, 5.74) is 2.02. The van der Waals surface area contributed by atoms with E-state index < -0.39 is 0 Å². The van der Waals surface area contributed by atoms with Crippen molar-refractivity contribution >= 4 is 0 Å². The first-order valence-electron chi connectivity index (χ1n) is 9.02. The molecule has 1 aliphatic heterocycles. The number of hydrogen-bond donors (Lipinski definition) is 1. The zero-order valence-electron chi connectivity index (χ0n) is 15.2. The van der Waals surface area contributed by atoms with Crippen LogP contribution in [0.1, 0.15) is 66.7 Å². The lowest BCUT2D eigenvalue weighted by Gasteiger charge is -2.32. The van der Waals surface area contributed by atoms with Gasteiger partial charge in [0.2, 0.25) is 0 Å². The van der Waals surface area contributed by atoms with E-state index in [0.717, 1.165) is 12.5 Å². The average molecular weight is 295 g/mol. The van der Waals surface area contributed by atoms with Crippen molar-refractivity contribution in [2.45, 2.75) is 66.7 Å². The third kappa shape index (κ3) is 8.63. The van der Waals surface area contributed by atoms with Gasteiger partial charge in [0.05, 0.1) is 0 Å². The van der Waals surface area contributed by atoms with Crippen molar-refractivity contribution in [2.24, 2.45) is 11.3 Å². The second kappa shape index (κ2) is 9.63. The van der Waals surface area contributed by atoms with E-state index in [-0.39, 0.29) is 0 Å². The van der Waals surface area contributed by atoms with Gasteiger partial charge in [0.25, 0.3) is 0 Å². The first-order chi connectivity index (χ1) is 9.89. The normalized spacial score (nSPS) is 17.3. The summed E-state index contributed by atoms with van der Waals surface area (Å²) in [5, 5.41) is 3.53. The Hall–Kier alpha value is -0.340. The second-order valence-electron chi connectivity index (χ2n) is 8.04. The molecular weight excluding hydrogens is 256 g/mol.